The molecule has 1 amide bonds. The van der Waals surface area contributed by atoms with E-state index in [1.807, 2.05) is 20.8 Å². The molecule has 0 spiro atoms. The maximum absolute atomic E-state index is 11.9. The molecule has 2 aromatic heterocycles. The predicted octanol–water partition coefficient (Wildman–Crippen LogP) is 1.53. The number of aryl methyl sites for hydroxylation is 2. The molecule has 21 heavy (non-hydrogen) atoms. The van der Waals surface area contributed by atoms with Gasteiger partial charge in [-0.15, -0.1) is 16.4 Å². The molecule has 2 aromatic rings. The van der Waals surface area contributed by atoms with Crippen LogP contribution in [-0.4, -0.2) is 32.0 Å². The Morgan fingerprint density at radius 1 is 1.48 bits per heavy atom. The molecule has 112 valence electrons. The normalized spacial score (nSPS) is 12.1. The van der Waals surface area contributed by atoms with Gasteiger partial charge in [0.2, 0.25) is 5.91 Å². The van der Waals surface area contributed by atoms with Crippen molar-refractivity contribution in [3.05, 3.63) is 33.3 Å². The summed E-state index contributed by atoms with van der Waals surface area (Å²) in [6, 6.07) is 1.95. The number of carbonyl (C=O) groups is 2. The molecule has 1 atom stereocenters. The van der Waals surface area contributed by atoms with E-state index in [9.17, 15) is 9.59 Å². The number of hydrogen-bond acceptors (Lipinski definition) is 5. The van der Waals surface area contributed by atoms with Crippen molar-refractivity contribution in [1.82, 2.24) is 20.3 Å². The molecule has 0 aliphatic heterocycles. The quantitative estimate of drug-likeness (QED) is 0.873. The van der Waals surface area contributed by atoms with Crippen molar-refractivity contribution in [3.8, 4) is 0 Å². The molecule has 0 saturated heterocycles. The second-order valence-corrected chi connectivity index (χ2v) is 6.22. The first-order chi connectivity index (χ1) is 9.86. The monoisotopic (exact) mass is 308 g/mol. The highest BCUT2D eigenvalue weighted by atomic mass is 32.1. The Morgan fingerprint density at radius 3 is 2.71 bits per heavy atom. The number of carboxylic acid groups (broad SMARTS) is 1. The molecule has 0 bridgehead atoms. The fourth-order valence-corrected chi connectivity index (χ4v) is 3.09. The summed E-state index contributed by atoms with van der Waals surface area (Å²) in [5.74, 6) is -1.41. The fourth-order valence-electron chi connectivity index (χ4n) is 2.07. The lowest BCUT2D eigenvalue weighted by Crippen LogP contribution is -2.30. The molecule has 7 nitrogen and oxygen atoms in total. The Kier molecular flexibility index (Phi) is 4.37. The van der Waals surface area contributed by atoms with Crippen LogP contribution in [0.25, 0.3) is 0 Å². The third-order valence-corrected chi connectivity index (χ3v) is 3.97. The summed E-state index contributed by atoms with van der Waals surface area (Å²) in [6.45, 7) is 5.90. The van der Waals surface area contributed by atoms with Gasteiger partial charge in [-0.05, 0) is 32.4 Å². The van der Waals surface area contributed by atoms with Gasteiger partial charge in [0.25, 0.3) is 0 Å². The summed E-state index contributed by atoms with van der Waals surface area (Å²) in [6.07, 6.45) is 1.23. The Hall–Kier alpha value is -2.22. The van der Waals surface area contributed by atoms with Crippen molar-refractivity contribution in [1.29, 1.82) is 0 Å². The first-order valence-electron chi connectivity index (χ1n) is 6.36. The minimum Gasteiger partial charge on any atom is -0.476 e. The number of thiophene rings is 1. The molecule has 0 fully saturated rings. The van der Waals surface area contributed by atoms with Crippen molar-refractivity contribution in [3.63, 3.8) is 0 Å². The molecule has 0 aliphatic rings. The van der Waals surface area contributed by atoms with Crippen LogP contribution in [-0.2, 0) is 11.3 Å². The molecule has 2 heterocycles. The number of carboxylic acids is 1. The number of amides is 1. The van der Waals surface area contributed by atoms with E-state index < -0.39 is 5.97 Å². The van der Waals surface area contributed by atoms with Crippen LogP contribution in [0.4, 0.5) is 0 Å². The average molecular weight is 308 g/mol. The van der Waals surface area contributed by atoms with E-state index >= 15 is 0 Å². The zero-order valence-corrected chi connectivity index (χ0v) is 12.8. The fraction of sp³-hybridized carbons (Fsp3) is 0.385. The number of hydrogen-bond donors (Lipinski definition) is 2. The van der Waals surface area contributed by atoms with Crippen molar-refractivity contribution in [2.75, 3.05) is 0 Å². The third-order valence-electron chi connectivity index (χ3n) is 2.99. The highest BCUT2D eigenvalue weighted by Gasteiger charge is 2.15. The Balaban J connectivity index is 1.97. The topological polar surface area (TPSA) is 97.1 Å². The standard InChI is InChI=1S/C13H16N4O3S/c1-7-4-10(9(3)21-7)8(2)14-12(18)6-17-5-11(13(19)20)15-16-17/h4-5,8H,6H2,1-3H3,(H,14,18)(H,19,20)/t8-/m0/s1. The van der Waals surface area contributed by atoms with Crippen LogP contribution >= 0.6 is 11.3 Å². The molecule has 0 unspecified atom stereocenters. The highest BCUT2D eigenvalue weighted by molar-refractivity contribution is 7.12. The van der Waals surface area contributed by atoms with Crippen LogP contribution in [0, 0.1) is 13.8 Å². The lowest BCUT2D eigenvalue weighted by molar-refractivity contribution is -0.122. The van der Waals surface area contributed by atoms with E-state index in [0.29, 0.717) is 0 Å². The Labute approximate surface area is 125 Å². The molecule has 2 N–H and O–H groups in total. The number of nitrogens with one attached hydrogen (secondary N) is 1. The predicted molar refractivity (Wildman–Crippen MR) is 77.3 cm³/mol. The molecular formula is C13H16N4O3S. The number of rotatable bonds is 5. The van der Waals surface area contributed by atoms with Gasteiger partial charge in [-0.1, -0.05) is 5.21 Å². The molecule has 2 rings (SSSR count). The summed E-state index contributed by atoms with van der Waals surface area (Å²) in [4.78, 5) is 25.0. The highest BCUT2D eigenvalue weighted by Crippen LogP contribution is 2.25. The van der Waals surface area contributed by atoms with Crippen LogP contribution in [0.5, 0.6) is 0 Å². The minimum absolute atomic E-state index is 0.0627. The van der Waals surface area contributed by atoms with E-state index in [0.717, 1.165) is 5.56 Å². The SMILES string of the molecule is Cc1cc([C@H](C)NC(=O)Cn2cc(C(=O)O)nn2)c(C)s1. The smallest absolute Gasteiger partial charge is 0.358 e. The largest absolute Gasteiger partial charge is 0.476 e. The van der Waals surface area contributed by atoms with Gasteiger partial charge in [-0.25, -0.2) is 9.48 Å². The summed E-state index contributed by atoms with van der Waals surface area (Å²) in [7, 11) is 0. The van der Waals surface area contributed by atoms with Gasteiger partial charge in [-0.2, -0.15) is 0 Å². The van der Waals surface area contributed by atoms with Crippen LogP contribution in [0.1, 0.15) is 38.8 Å². The maximum Gasteiger partial charge on any atom is 0.358 e. The third kappa shape index (κ3) is 3.66. The Morgan fingerprint density at radius 2 is 2.19 bits per heavy atom. The maximum atomic E-state index is 11.9. The van der Waals surface area contributed by atoms with Crippen LogP contribution < -0.4 is 5.32 Å². The number of aromatic carboxylic acids is 1. The number of nitrogens with zero attached hydrogens (tertiary/aromatic N) is 3. The van der Waals surface area contributed by atoms with E-state index in [1.54, 1.807) is 11.3 Å². The second-order valence-electron chi connectivity index (χ2n) is 4.76. The minimum atomic E-state index is -1.17. The molecule has 0 radical (unpaired) electrons. The lowest BCUT2D eigenvalue weighted by Gasteiger charge is -2.13. The molecule has 8 heteroatoms. The van der Waals surface area contributed by atoms with Gasteiger partial charge in [0.05, 0.1) is 12.2 Å². The second kappa shape index (κ2) is 6.04. The van der Waals surface area contributed by atoms with Gasteiger partial charge in [-0.3, -0.25) is 4.79 Å². The van der Waals surface area contributed by atoms with Gasteiger partial charge in [0.1, 0.15) is 6.54 Å². The van der Waals surface area contributed by atoms with Crippen molar-refractivity contribution >= 4 is 23.2 Å². The van der Waals surface area contributed by atoms with Crippen molar-refractivity contribution in [2.24, 2.45) is 0 Å². The van der Waals surface area contributed by atoms with E-state index in [4.69, 9.17) is 5.11 Å². The first-order valence-corrected chi connectivity index (χ1v) is 7.18. The number of aromatic nitrogens is 3. The van der Waals surface area contributed by atoms with E-state index in [-0.39, 0.29) is 24.2 Å². The summed E-state index contributed by atoms with van der Waals surface area (Å²) in [5, 5.41) is 18.7. The van der Waals surface area contributed by atoms with Crippen molar-refractivity contribution < 1.29 is 14.7 Å². The Bertz CT molecular complexity index is 677. The summed E-state index contributed by atoms with van der Waals surface area (Å²) < 4.78 is 1.21. The van der Waals surface area contributed by atoms with Gasteiger partial charge >= 0.3 is 5.97 Å². The first kappa shape index (κ1) is 15.2. The van der Waals surface area contributed by atoms with E-state index in [2.05, 4.69) is 21.7 Å². The number of carbonyl (C=O) groups excluding carboxylic acids is 1. The summed E-state index contributed by atoms with van der Waals surface area (Å²) >= 11 is 1.69. The average Bonchev–Trinajstić information content (AvgIpc) is 2.95. The molecular weight excluding hydrogens is 292 g/mol. The van der Waals surface area contributed by atoms with Crippen molar-refractivity contribution in [2.45, 2.75) is 33.4 Å². The van der Waals surface area contributed by atoms with Gasteiger partial charge < -0.3 is 10.4 Å². The van der Waals surface area contributed by atoms with Gasteiger partial charge in [0, 0.05) is 9.75 Å². The summed E-state index contributed by atoms with van der Waals surface area (Å²) in [5.41, 5.74) is 0.913. The van der Waals surface area contributed by atoms with Crippen LogP contribution in [0.15, 0.2) is 12.3 Å². The van der Waals surface area contributed by atoms with Gasteiger partial charge in [0.15, 0.2) is 5.69 Å². The molecule has 0 saturated carbocycles. The zero-order valence-electron chi connectivity index (χ0n) is 12.0. The molecule has 0 aliphatic carbocycles. The zero-order chi connectivity index (χ0) is 15.6. The van der Waals surface area contributed by atoms with E-state index in [1.165, 1.54) is 20.6 Å². The van der Waals surface area contributed by atoms with Crippen LogP contribution in [0.2, 0.25) is 0 Å². The van der Waals surface area contributed by atoms with Crippen LogP contribution in [0.3, 0.4) is 0 Å². The lowest BCUT2D eigenvalue weighted by atomic mass is 10.1. The molecule has 0 aromatic carbocycles.